The van der Waals surface area contributed by atoms with E-state index in [2.05, 4.69) is 24.9 Å². The zero-order valence-electron chi connectivity index (χ0n) is 14.2. The quantitative estimate of drug-likeness (QED) is 0.538. The van der Waals surface area contributed by atoms with Crippen molar-refractivity contribution in [2.24, 2.45) is 0 Å². The molecule has 0 bridgehead atoms. The molecule has 0 radical (unpaired) electrons. The number of pyridine rings is 2. The third kappa shape index (κ3) is 2.75. The molecule has 1 aromatic carbocycles. The summed E-state index contributed by atoms with van der Waals surface area (Å²) in [6.07, 6.45) is 6.82. The molecule has 1 N–H and O–H groups in total. The molecular weight excluding hydrogens is 340 g/mol. The van der Waals surface area contributed by atoms with Gasteiger partial charge in [0.2, 0.25) is 0 Å². The highest BCUT2D eigenvalue weighted by atomic mass is 16.1. The van der Waals surface area contributed by atoms with Gasteiger partial charge in [-0.25, -0.2) is 14.8 Å². The Bertz CT molecular complexity index is 1320. The topological polar surface area (TPSA) is 89.4 Å². The lowest BCUT2D eigenvalue weighted by atomic mass is 10.1. The van der Waals surface area contributed by atoms with Crippen molar-refractivity contribution in [2.75, 3.05) is 0 Å². The summed E-state index contributed by atoms with van der Waals surface area (Å²) < 4.78 is 1.60. The number of nitrogens with zero attached hydrogens (tertiary/aromatic N) is 5. The van der Waals surface area contributed by atoms with Crippen LogP contribution in [-0.2, 0) is 6.54 Å². The van der Waals surface area contributed by atoms with Crippen LogP contribution in [0.4, 0.5) is 0 Å². The average molecular weight is 354 g/mol. The highest BCUT2D eigenvalue weighted by Gasteiger charge is 2.12. The molecule has 0 amide bonds. The smallest absolute Gasteiger partial charge is 0.289 e. The molecule has 5 rings (SSSR count). The highest BCUT2D eigenvalue weighted by Crippen LogP contribution is 2.18. The molecule has 0 fully saturated rings. The van der Waals surface area contributed by atoms with E-state index in [1.165, 1.54) is 0 Å². The van der Waals surface area contributed by atoms with Crippen LogP contribution >= 0.6 is 0 Å². The van der Waals surface area contributed by atoms with Crippen molar-refractivity contribution < 1.29 is 0 Å². The van der Waals surface area contributed by atoms with E-state index in [9.17, 15) is 4.79 Å². The van der Waals surface area contributed by atoms with Gasteiger partial charge in [0.1, 0.15) is 0 Å². The van der Waals surface area contributed by atoms with E-state index in [0.29, 0.717) is 23.5 Å². The number of benzene rings is 1. The Morgan fingerprint density at radius 3 is 2.78 bits per heavy atom. The maximum atomic E-state index is 12.5. The van der Waals surface area contributed by atoms with Crippen LogP contribution in [0.5, 0.6) is 0 Å². The molecule has 7 nitrogen and oxygen atoms in total. The van der Waals surface area contributed by atoms with Gasteiger partial charge in [-0.05, 0) is 35.9 Å². The number of rotatable bonds is 3. The Kier molecular flexibility index (Phi) is 3.50. The highest BCUT2D eigenvalue weighted by molar-refractivity contribution is 5.79. The Balaban J connectivity index is 1.61. The fourth-order valence-electron chi connectivity index (χ4n) is 3.14. The summed E-state index contributed by atoms with van der Waals surface area (Å²) in [7, 11) is 0. The van der Waals surface area contributed by atoms with Gasteiger partial charge in [0.15, 0.2) is 11.3 Å². The maximum absolute atomic E-state index is 12.5. The van der Waals surface area contributed by atoms with Gasteiger partial charge in [-0.1, -0.05) is 12.1 Å². The molecule has 0 unspecified atom stereocenters. The number of aromatic nitrogens is 6. The number of H-pyrrole nitrogens is 1. The molecule has 0 atom stereocenters. The first-order valence-electron chi connectivity index (χ1n) is 8.47. The van der Waals surface area contributed by atoms with Gasteiger partial charge in [-0.3, -0.25) is 19.5 Å². The summed E-state index contributed by atoms with van der Waals surface area (Å²) in [6.45, 7) is 0.401. The predicted octanol–water partition coefficient (Wildman–Crippen LogP) is 2.78. The Hall–Kier alpha value is -3.87. The second-order valence-electron chi connectivity index (χ2n) is 6.21. The molecule has 0 saturated carbocycles. The van der Waals surface area contributed by atoms with Gasteiger partial charge in [-0.15, -0.1) is 0 Å². The molecule has 27 heavy (non-hydrogen) atoms. The molecular formula is C20H14N6O. The number of fused-ring (bicyclic) bond motifs is 2. The van der Waals surface area contributed by atoms with E-state index < -0.39 is 0 Å². The van der Waals surface area contributed by atoms with Gasteiger partial charge in [0.25, 0.3) is 0 Å². The number of imidazole rings is 1. The molecule has 0 aliphatic carbocycles. The average Bonchev–Trinajstić information content (AvgIpc) is 3.03. The van der Waals surface area contributed by atoms with E-state index in [1.807, 2.05) is 42.5 Å². The van der Waals surface area contributed by atoms with Crippen LogP contribution < -0.4 is 5.69 Å². The normalized spacial score (nSPS) is 11.3. The number of aromatic amines is 1. The summed E-state index contributed by atoms with van der Waals surface area (Å²) in [5, 5.41) is 1.03. The monoisotopic (exact) mass is 354 g/mol. The third-order valence-corrected chi connectivity index (χ3v) is 4.46. The van der Waals surface area contributed by atoms with Crippen LogP contribution in [0.25, 0.3) is 33.5 Å². The second kappa shape index (κ2) is 6.14. The molecule has 0 aliphatic heterocycles. The van der Waals surface area contributed by atoms with Gasteiger partial charge in [0, 0.05) is 29.5 Å². The van der Waals surface area contributed by atoms with Gasteiger partial charge in [-0.2, -0.15) is 0 Å². The van der Waals surface area contributed by atoms with Crippen molar-refractivity contribution in [3.05, 3.63) is 83.3 Å². The van der Waals surface area contributed by atoms with Gasteiger partial charge >= 0.3 is 5.69 Å². The lowest BCUT2D eigenvalue weighted by Crippen LogP contribution is -2.17. The van der Waals surface area contributed by atoms with Crippen LogP contribution in [0, 0.1) is 0 Å². The van der Waals surface area contributed by atoms with Crippen molar-refractivity contribution >= 4 is 22.2 Å². The Morgan fingerprint density at radius 2 is 1.89 bits per heavy atom. The molecule has 5 aromatic rings. The molecule has 7 heteroatoms. The number of nitrogens with one attached hydrogen (secondary N) is 1. The van der Waals surface area contributed by atoms with Gasteiger partial charge in [0.05, 0.1) is 24.0 Å². The van der Waals surface area contributed by atoms with Crippen LogP contribution in [0.15, 0.2) is 72.0 Å². The SMILES string of the molecule is O=c1[nH]c2ncc(-c3ccncc3)nc2n1Cc1ccc2ncccc2c1. The minimum Gasteiger partial charge on any atom is -0.289 e. The standard InChI is InChI=1S/C20H14N6O/c27-20-25-18-19(24-17(11-23-18)14-5-8-21-9-6-14)26(20)12-13-3-4-16-15(10-13)2-1-7-22-16/h1-11H,12H2,(H,23,25,27). The zero-order chi connectivity index (χ0) is 18.2. The zero-order valence-corrected chi connectivity index (χ0v) is 14.2. The largest absolute Gasteiger partial charge is 0.329 e. The summed E-state index contributed by atoms with van der Waals surface area (Å²) >= 11 is 0. The summed E-state index contributed by atoms with van der Waals surface area (Å²) in [4.78, 5) is 32.6. The molecule has 4 aromatic heterocycles. The lowest BCUT2D eigenvalue weighted by molar-refractivity contribution is 0.779. The van der Waals surface area contributed by atoms with Gasteiger partial charge < -0.3 is 0 Å². The summed E-state index contributed by atoms with van der Waals surface area (Å²) in [6, 6.07) is 13.6. The van der Waals surface area contributed by atoms with Crippen LogP contribution in [-0.4, -0.2) is 29.5 Å². The summed E-state index contributed by atoms with van der Waals surface area (Å²) in [5.74, 6) is 0. The first-order chi connectivity index (χ1) is 13.3. The molecule has 0 saturated heterocycles. The molecule has 0 spiro atoms. The van der Waals surface area contributed by atoms with Crippen LogP contribution in [0.3, 0.4) is 0 Å². The first-order valence-corrected chi connectivity index (χ1v) is 8.47. The molecule has 0 aliphatic rings. The second-order valence-corrected chi connectivity index (χ2v) is 6.21. The van der Waals surface area contributed by atoms with Crippen molar-refractivity contribution in [2.45, 2.75) is 6.54 Å². The van der Waals surface area contributed by atoms with Crippen molar-refractivity contribution in [1.29, 1.82) is 0 Å². The minimum absolute atomic E-state index is 0.233. The maximum Gasteiger partial charge on any atom is 0.329 e. The fraction of sp³-hybridized carbons (Fsp3) is 0.0500. The Labute approximate surface area is 153 Å². The predicted molar refractivity (Wildman–Crippen MR) is 102 cm³/mol. The van der Waals surface area contributed by atoms with Crippen LogP contribution in [0.1, 0.15) is 5.56 Å². The first kappa shape index (κ1) is 15.4. The Morgan fingerprint density at radius 1 is 1.00 bits per heavy atom. The number of hydrogen-bond acceptors (Lipinski definition) is 5. The fourth-order valence-corrected chi connectivity index (χ4v) is 3.14. The minimum atomic E-state index is -0.233. The van der Waals surface area contributed by atoms with E-state index >= 15 is 0 Å². The van der Waals surface area contributed by atoms with Crippen molar-refractivity contribution in [1.82, 2.24) is 29.5 Å². The van der Waals surface area contributed by atoms with Crippen LogP contribution in [0.2, 0.25) is 0 Å². The van der Waals surface area contributed by atoms with Crippen molar-refractivity contribution in [3.8, 4) is 11.3 Å². The molecule has 4 heterocycles. The lowest BCUT2D eigenvalue weighted by Gasteiger charge is -2.06. The van der Waals surface area contributed by atoms with Crippen molar-refractivity contribution in [3.63, 3.8) is 0 Å². The third-order valence-electron chi connectivity index (χ3n) is 4.46. The summed E-state index contributed by atoms with van der Waals surface area (Å²) in [5.41, 5.74) is 4.28. The van der Waals surface area contributed by atoms with E-state index in [0.717, 1.165) is 22.0 Å². The van der Waals surface area contributed by atoms with E-state index in [-0.39, 0.29) is 5.69 Å². The molecule has 130 valence electrons. The van der Waals surface area contributed by atoms with E-state index in [4.69, 9.17) is 0 Å². The van der Waals surface area contributed by atoms with E-state index in [1.54, 1.807) is 29.4 Å². The number of hydrogen-bond donors (Lipinski definition) is 1.